The first-order valence-electron chi connectivity index (χ1n) is 6.86. The summed E-state index contributed by atoms with van der Waals surface area (Å²) in [5.41, 5.74) is 0.975. The molecule has 1 unspecified atom stereocenters. The van der Waals surface area contributed by atoms with Crippen LogP contribution < -0.4 is 14.8 Å². The van der Waals surface area contributed by atoms with E-state index in [9.17, 15) is 8.42 Å². The molecule has 1 aromatic rings. The van der Waals surface area contributed by atoms with Gasteiger partial charge in [-0.25, -0.2) is 13.1 Å². The Balaban J connectivity index is 2.96. The van der Waals surface area contributed by atoms with E-state index in [0.29, 0.717) is 12.3 Å². The Bertz CT molecular complexity index is 547. The van der Waals surface area contributed by atoms with Crippen LogP contribution in [0.15, 0.2) is 23.1 Å². The summed E-state index contributed by atoms with van der Waals surface area (Å²) in [6, 6.07) is 5.00. The first-order valence-corrected chi connectivity index (χ1v) is 9.50. The molecule has 1 aromatic carbocycles. The number of rotatable bonds is 9. The minimum Gasteiger partial charge on any atom is -0.495 e. The molecule has 0 bridgehead atoms. The fourth-order valence-electron chi connectivity index (χ4n) is 1.91. The van der Waals surface area contributed by atoms with E-state index in [1.807, 2.05) is 14.0 Å². The highest BCUT2D eigenvalue weighted by atomic mass is 32.2. The number of methoxy groups -OCH3 is 1. The van der Waals surface area contributed by atoms with Crippen molar-refractivity contribution in [3.63, 3.8) is 0 Å². The van der Waals surface area contributed by atoms with E-state index in [4.69, 9.17) is 4.74 Å². The molecular weight excluding hydrogens is 308 g/mol. The van der Waals surface area contributed by atoms with Crippen LogP contribution in [0.2, 0.25) is 0 Å². The van der Waals surface area contributed by atoms with E-state index >= 15 is 0 Å². The topological polar surface area (TPSA) is 67.4 Å². The maximum atomic E-state index is 12.4. The number of sulfonamides is 1. The lowest BCUT2D eigenvalue weighted by atomic mass is 10.2. The summed E-state index contributed by atoms with van der Waals surface area (Å²) < 4.78 is 32.8. The Morgan fingerprint density at radius 2 is 2.10 bits per heavy atom. The van der Waals surface area contributed by atoms with E-state index in [1.54, 1.807) is 30.0 Å². The molecule has 0 spiro atoms. The molecule has 7 heteroatoms. The summed E-state index contributed by atoms with van der Waals surface area (Å²) in [5.74, 6) is 2.08. The SMILES string of the molecule is CCSCC(C)NS(=O)(=O)c1ccc(CNC)cc1OC. The second-order valence-corrected chi connectivity index (χ2v) is 7.70. The Morgan fingerprint density at radius 1 is 1.38 bits per heavy atom. The molecule has 2 N–H and O–H groups in total. The summed E-state index contributed by atoms with van der Waals surface area (Å²) in [7, 11) is -0.254. The highest BCUT2D eigenvalue weighted by Gasteiger charge is 2.21. The molecule has 0 heterocycles. The molecular formula is C14H24N2O3S2. The first-order chi connectivity index (χ1) is 9.94. The van der Waals surface area contributed by atoms with Crippen molar-refractivity contribution in [2.75, 3.05) is 25.7 Å². The summed E-state index contributed by atoms with van der Waals surface area (Å²) in [5, 5.41) is 3.03. The normalized spacial score (nSPS) is 13.1. The van der Waals surface area contributed by atoms with Gasteiger partial charge < -0.3 is 10.1 Å². The van der Waals surface area contributed by atoms with Gasteiger partial charge in [0.2, 0.25) is 10.0 Å². The number of benzene rings is 1. The number of hydrogen-bond donors (Lipinski definition) is 2. The van der Waals surface area contributed by atoms with E-state index < -0.39 is 10.0 Å². The zero-order valence-corrected chi connectivity index (χ0v) is 14.6. The maximum absolute atomic E-state index is 12.4. The molecule has 0 aliphatic heterocycles. The van der Waals surface area contributed by atoms with Crippen molar-refractivity contribution in [2.24, 2.45) is 0 Å². The van der Waals surface area contributed by atoms with Gasteiger partial charge in [-0.1, -0.05) is 13.0 Å². The lowest BCUT2D eigenvalue weighted by molar-refractivity contribution is 0.401. The van der Waals surface area contributed by atoms with Gasteiger partial charge in [0.15, 0.2) is 0 Å². The molecule has 0 saturated heterocycles. The highest BCUT2D eigenvalue weighted by Crippen LogP contribution is 2.25. The van der Waals surface area contributed by atoms with Crippen LogP contribution in [0.1, 0.15) is 19.4 Å². The summed E-state index contributed by atoms with van der Waals surface area (Å²) in [6.45, 7) is 4.57. The van der Waals surface area contributed by atoms with Crippen LogP contribution >= 0.6 is 11.8 Å². The maximum Gasteiger partial charge on any atom is 0.244 e. The molecule has 0 radical (unpaired) electrons. The van der Waals surface area contributed by atoms with Crippen LogP contribution in [0.5, 0.6) is 5.75 Å². The van der Waals surface area contributed by atoms with Gasteiger partial charge in [0.05, 0.1) is 7.11 Å². The van der Waals surface area contributed by atoms with Gasteiger partial charge in [-0.3, -0.25) is 0 Å². The third-order valence-electron chi connectivity index (χ3n) is 2.83. The standard InChI is InChI=1S/C14H24N2O3S2/c1-5-20-10-11(2)16-21(17,18)14-7-6-12(9-15-3)8-13(14)19-4/h6-8,11,15-16H,5,9-10H2,1-4H3. The van der Waals surface area contributed by atoms with Crippen LogP contribution in [0.3, 0.4) is 0 Å². The molecule has 21 heavy (non-hydrogen) atoms. The predicted molar refractivity (Wildman–Crippen MR) is 88.5 cm³/mol. The van der Waals surface area contributed by atoms with E-state index in [-0.39, 0.29) is 10.9 Å². The quantitative estimate of drug-likeness (QED) is 0.722. The van der Waals surface area contributed by atoms with Crippen molar-refractivity contribution < 1.29 is 13.2 Å². The average Bonchev–Trinajstić information content (AvgIpc) is 2.44. The van der Waals surface area contributed by atoms with Crippen molar-refractivity contribution in [1.82, 2.24) is 10.0 Å². The smallest absolute Gasteiger partial charge is 0.244 e. The lowest BCUT2D eigenvalue weighted by Crippen LogP contribution is -2.34. The van der Waals surface area contributed by atoms with Crippen molar-refractivity contribution >= 4 is 21.8 Å². The molecule has 0 aliphatic carbocycles. The van der Waals surface area contributed by atoms with Gasteiger partial charge in [0, 0.05) is 18.3 Å². The van der Waals surface area contributed by atoms with Gasteiger partial charge in [-0.15, -0.1) is 0 Å². The molecule has 0 aromatic heterocycles. The first kappa shape index (κ1) is 18.3. The summed E-state index contributed by atoms with van der Waals surface area (Å²) in [6.07, 6.45) is 0. The third kappa shape index (κ3) is 5.50. The van der Waals surface area contributed by atoms with Gasteiger partial charge in [-0.2, -0.15) is 11.8 Å². The highest BCUT2D eigenvalue weighted by molar-refractivity contribution is 7.99. The second kappa shape index (κ2) is 8.63. The molecule has 0 aliphatic rings. The Kier molecular flexibility index (Phi) is 7.51. The number of ether oxygens (including phenoxy) is 1. The largest absolute Gasteiger partial charge is 0.495 e. The fourth-order valence-corrected chi connectivity index (χ4v) is 4.08. The lowest BCUT2D eigenvalue weighted by Gasteiger charge is -2.16. The van der Waals surface area contributed by atoms with Crippen molar-refractivity contribution in [2.45, 2.75) is 31.3 Å². The number of nitrogens with one attached hydrogen (secondary N) is 2. The molecule has 1 rings (SSSR count). The van der Waals surface area contributed by atoms with Gasteiger partial charge in [0.25, 0.3) is 0 Å². The number of hydrogen-bond acceptors (Lipinski definition) is 5. The molecule has 0 amide bonds. The zero-order valence-electron chi connectivity index (χ0n) is 13.0. The molecule has 0 saturated carbocycles. The van der Waals surface area contributed by atoms with E-state index in [2.05, 4.69) is 17.0 Å². The minimum atomic E-state index is -3.57. The molecule has 0 fully saturated rings. The average molecular weight is 332 g/mol. The van der Waals surface area contributed by atoms with Crippen molar-refractivity contribution in [3.8, 4) is 5.75 Å². The summed E-state index contributed by atoms with van der Waals surface area (Å²) >= 11 is 1.70. The Hall–Kier alpha value is -0.760. The van der Waals surface area contributed by atoms with Crippen LogP contribution in [0, 0.1) is 0 Å². The Labute approximate surface area is 131 Å². The van der Waals surface area contributed by atoms with Crippen LogP contribution in [0.25, 0.3) is 0 Å². The van der Waals surface area contributed by atoms with E-state index in [1.165, 1.54) is 7.11 Å². The van der Waals surface area contributed by atoms with Crippen LogP contribution in [-0.4, -0.2) is 40.1 Å². The van der Waals surface area contributed by atoms with Gasteiger partial charge in [0.1, 0.15) is 10.6 Å². The molecule has 5 nitrogen and oxygen atoms in total. The zero-order chi connectivity index (χ0) is 15.9. The Morgan fingerprint density at radius 3 is 2.67 bits per heavy atom. The molecule has 1 atom stereocenters. The van der Waals surface area contributed by atoms with Gasteiger partial charge >= 0.3 is 0 Å². The minimum absolute atomic E-state index is 0.123. The second-order valence-electron chi connectivity index (χ2n) is 4.70. The third-order valence-corrected chi connectivity index (χ3v) is 5.60. The summed E-state index contributed by atoms with van der Waals surface area (Å²) in [4.78, 5) is 0.179. The predicted octanol–water partition coefficient (Wildman–Crippen LogP) is 1.83. The molecule has 120 valence electrons. The fraction of sp³-hybridized carbons (Fsp3) is 0.571. The van der Waals surface area contributed by atoms with E-state index in [0.717, 1.165) is 17.1 Å². The van der Waals surface area contributed by atoms with Crippen molar-refractivity contribution in [1.29, 1.82) is 0 Å². The van der Waals surface area contributed by atoms with Crippen LogP contribution in [0.4, 0.5) is 0 Å². The van der Waals surface area contributed by atoms with Crippen LogP contribution in [-0.2, 0) is 16.6 Å². The monoisotopic (exact) mass is 332 g/mol. The van der Waals surface area contributed by atoms with Crippen molar-refractivity contribution in [3.05, 3.63) is 23.8 Å². The number of thioether (sulfide) groups is 1. The van der Waals surface area contributed by atoms with Gasteiger partial charge in [-0.05, 0) is 37.4 Å².